The van der Waals surface area contributed by atoms with Crippen molar-refractivity contribution in [3.8, 4) is 0 Å². The predicted octanol–water partition coefficient (Wildman–Crippen LogP) is 3.39. The van der Waals surface area contributed by atoms with Gasteiger partial charge in [0.15, 0.2) is 0 Å². The molecule has 1 aliphatic heterocycles. The van der Waals surface area contributed by atoms with Gasteiger partial charge in [-0.15, -0.1) is 0 Å². The van der Waals surface area contributed by atoms with Gasteiger partial charge in [0.25, 0.3) is 0 Å². The van der Waals surface area contributed by atoms with E-state index in [-0.39, 0.29) is 5.91 Å². The fourth-order valence-corrected chi connectivity index (χ4v) is 2.64. The number of amides is 1. The van der Waals surface area contributed by atoms with Crippen molar-refractivity contribution in [1.82, 2.24) is 0 Å². The van der Waals surface area contributed by atoms with E-state index in [2.05, 4.69) is 28.6 Å². The quantitative estimate of drug-likeness (QED) is 0.828. The van der Waals surface area contributed by atoms with Crippen molar-refractivity contribution in [2.24, 2.45) is 5.92 Å². The van der Waals surface area contributed by atoms with Crippen molar-refractivity contribution in [2.45, 2.75) is 6.42 Å². The second-order valence-electron chi connectivity index (χ2n) is 3.85. The summed E-state index contributed by atoms with van der Waals surface area (Å²) in [6.07, 6.45) is 0.562. The van der Waals surface area contributed by atoms with Crippen LogP contribution in [0.1, 0.15) is 6.42 Å². The van der Waals surface area contributed by atoms with E-state index in [1.54, 1.807) is 11.0 Å². The molecule has 1 saturated heterocycles. The zero-order valence-corrected chi connectivity index (χ0v) is 11.7. The van der Waals surface area contributed by atoms with E-state index in [4.69, 9.17) is 11.6 Å². The van der Waals surface area contributed by atoms with E-state index in [0.717, 1.165) is 15.9 Å². The molecule has 5 heteroatoms. The molecule has 2 nitrogen and oxygen atoms in total. The van der Waals surface area contributed by atoms with Crippen LogP contribution in [0.2, 0.25) is 5.02 Å². The first kappa shape index (κ1) is 12.3. The number of hydrogen-bond acceptors (Lipinski definition) is 2. The summed E-state index contributed by atoms with van der Waals surface area (Å²) in [7, 11) is 0. The number of benzene rings is 1. The highest BCUT2D eigenvalue weighted by atomic mass is 79.9. The smallest absolute Gasteiger partial charge is 0.227 e. The molecule has 0 spiro atoms. The van der Waals surface area contributed by atoms with E-state index in [1.165, 1.54) is 0 Å². The molecule has 0 N–H and O–H groups in total. The van der Waals surface area contributed by atoms with Crippen LogP contribution < -0.4 is 4.90 Å². The summed E-state index contributed by atoms with van der Waals surface area (Å²) < 4.78 is 0.925. The molecule has 2 rings (SSSR count). The van der Waals surface area contributed by atoms with Crippen molar-refractivity contribution in [3.05, 3.63) is 27.7 Å². The molecule has 1 heterocycles. The molecule has 1 amide bonds. The van der Waals surface area contributed by atoms with Crippen molar-refractivity contribution >= 4 is 51.8 Å². The van der Waals surface area contributed by atoms with Gasteiger partial charge in [-0.2, -0.15) is 12.6 Å². The largest absolute Gasteiger partial charge is 0.311 e. The first-order chi connectivity index (χ1) is 7.61. The minimum atomic E-state index is 0.124. The molecule has 1 atom stereocenters. The number of thiol groups is 1. The lowest BCUT2D eigenvalue weighted by molar-refractivity contribution is -0.117. The normalized spacial score (nSPS) is 20.6. The van der Waals surface area contributed by atoms with Crippen LogP contribution in [-0.2, 0) is 4.79 Å². The molecule has 0 aliphatic carbocycles. The number of carbonyl (C=O) groups is 1. The molecule has 1 aromatic carbocycles. The summed E-state index contributed by atoms with van der Waals surface area (Å²) in [6, 6.07) is 5.53. The number of hydrogen-bond donors (Lipinski definition) is 1. The van der Waals surface area contributed by atoms with Gasteiger partial charge < -0.3 is 4.90 Å². The molecular weight excluding hydrogens is 310 g/mol. The SMILES string of the molecule is O=C1CC(CS)CN1c1cc(Br)ccc1Cl. The maximum atomic E-state index is 11.8. The van der Waals surface area contributed by atoms with Crippen molar-refractivity contribution in [1.29, 1.82) is 0 Å². The molecule has 0 saturated carbocycles. The number of carbonyl (C=O) groups excluding carboxylic acids is 1. The van der Waals surface area contributed by atoms with Gasteiger partial charge in [-0.1, -0.05) is 27.5 Å². The Balaban J connectivity index is 2.30. The summed E-state index contributed by atoms with van der Waals surface area (Å²) in [6.45, 7) is 0.707. The van der Waals surface area contributed by atoms with Crippen LogP contribution in [0.5, 0.6) is 0 Å². The van der Waals surface area contributed by atoms with Crippen molar-refractivity contribution < 1.29 is 4.79 Å². The summed E-state index contributed by atoms with van der Waals surface area (Å²) in [5, 5.41) is 0.608. The lowest BCUT2D eigenvalue weighted by Gasteiger charge is -2.18. The molecule has 1 aliphatic rings. The van der Waals surface area contributed by atoms with Crippen LogP contribution >= 0.6 is 40.2 Å². The number of nitrogens with zero attached hydrogens (tertiary/aromatic N) is 1. The van der Waals surface area contributed by atoms with E-state index >= 15 is 0 Å². The molecular formula is C11H11BrClNOS. The third-order valence-electron chi connectivity index (χ3n) is 2.66. The topological polar surface area (TPSA) is 20.3 Å². The molecule has 16 heavy (non-hydrogen) atoms. The summed E-state index contributed by atoms with van der Waals surface area (Å²) in [5.74, 6) is 1.18. The van der Waals surface area contributed by atoms with Gasteiger partial charge in [-0.3, -0.25) is 4.79 Å². The maximum absolute atomic E-state index is 11.8. The Morgan fingerprint density at radius 1 is 1.56 bits per heavy atom. The van der Waals surface area contributed by atoms with Gasteiger partial charge in [0.05, 0.1) is 10.7 Å². The van der Waals surface area contributed by atoms with Crippen LogP contribution in [0.15, 0.2) is 22.7 Å². The summed E-state index contributed by atoms with van der Waals surface area (Å²) >= 11 is 13.7. The van der Waals surface area contributed by atoms with E-state index in [9.17, 15) is 4.79 Å². The fourth-order valence-electron chi connectivity index (χ4n) is 1.83. The first-order valence-electron chi connectivity index (χ1n) is 4.98. The standard InChI is InChI=1S/C11H11BrClNOS/c12-8-1-2-9(13)10(4-8)14-5-7(6-16)3-11(14)15/h1-2,4,7,16H,3,5-6H2. The van der Waals surface area contributed by atoms with Gasteiger partial charge >= 0.3 is 0 Å². The molecule has 86 valence electrons. The van der Waals surface area contributed by atoms with Gasteiger partial charge in [0, 0.05) is 17.4 Å². The molecule has 0 aromatic heterocycles. The van der Waals surface area contributed by atoms with Crippen LogP contribution in [-0.4, -0.2) is 18.2 Å². The summed E-state index contributed by atoms with van der Waals surface area (Å²) in [4.78, 5) is 13.6. The second-order valence-corrected chi connectivity index (χ2v) is 5.54. The third kappa shape index (κ3) is 2.39. The molecule has 1 unspecified atom stereocenters. The maximum Gasteiger partial charge on any atom is 0.227 e. The predicted molar refractivity (Wildman–Crippen MR) is 73.5 cm³/mol. The van der Waals surface area contributed by atoms with E-state index in [1.807, 2.05) is 12.1 Å². The number of rotatable bonds is 2. The Kier molecular flexibility index (Phi) is 3.82. The van der Waals surface area contributed by atoms with Crippen molar-refractivity contribution in [3.63, 3.8) is 0 Å². The highest BCUT2D eigenvalue weighted by molar-refractivity contribution is 9.10. The minimum absolute atomic E-state index is 0.124. The average molecular weight is 321 g/mol. The zero-order valence-electron chi connectivity index (χ0n) is 8.49. The first-order valence-corrected chi connectivity index (χ1v) is 6.78. The molecule has 1 aromatic rings. The average Bonchev–Trinajstić information content (AvgIpc) is 2.63. The Morgan fingerprint density at radius 2 is 2.31 bits per heavy atom. The fraction of sp³-hybridized carbons (Fsp3) is 0.364. The molecule has 0 radical (unpaired) electrons. The number of halogens is 2. The highest BCUT2D eigenvalue weighted by Gasteiger charge is 2.30. The summed E-state index contributed by atoms with van der Waals surface area (Å²) in [5.41, 5.74) is 0.783. The molecule has 0 bridgehead atoms. The molecule has 1 fully saturated rings. The third-order valence-corrected chi connectivity index (χ3v) is 3.99. The second kappa shape index (κ2) is 4.98. The highest BCUT2D eigenvalue weighted by Crippen LogP contribution is 2.33. The van der Waals surface area contributed by atoms with Gasteiger partial charge in [-0.25, -0.2) is 0 Å². The van der Waals surface area contributed by atoms with Crippen LogP contribution in [0.3, 0.4) is 0 Å². The van der Waals surface area contributed by atoms with Crippen LogP contribution in [0.25, 0.3) is 0 Å². The van der Waals surface area contributed by atoms with Gasteiger partial charge in [-0.05, 0) is 29.9 Å². The van der Waals surface area contributed by atoms with Crippen LogP contribution in [0, 0.1) is 5.92 Å². The van der Waals surface area contributed by atoms with Gasteiger partial charge in [0.1, 0.15) is 0 Å². The zero-order chi connectivity index (χ0) is 11.7. The van der Waals surface area contributed by atoms with Gasteiger partial charge in [0.2, 0.25) is 5.91 Å². The minimum Gasteiger partial charge on any atom is -0.311 e. The monoisotopic (exact) mass is 319 g/mol. The van der Waals surface area contributed by atoms with Crippen molar-refractivity contribution in [2.75, 3.05) is 17.2 Å². The van der Waals surface area contributed by atoms with E-state index < -0.39 is 0 Å². The van der Waals surface area contributed by atoms with Crippen LogP contribution in [0.4, 0.5) is 5.69 Å². The Labute approximate surface area is 113 Å². The lowest BCUT2D eigenvalue weighted by Crippen LogP contribution is -2.24. The Morgan fingerprint density at radius 3 is 2.94 bits per heavy atom. The van der Waals surface area contributed by atoms with E-state index in [0.29, 0.717) is 23.9 Å². The Hall–Kier alpha value is -0.190. The number of anilines is 1. The Bertz CT molecular complexity index is 426. The lowest BCUT2D eigenvalue weighted by atomic mass is 10.1.